The van der Waals surface area contributed by atoms with Crippen molar-refractivity contribution in [3.8, 4) is 0 Å². The molecule has 2 rings (SSSR count). The minimum absolute atomic E-state index is 0.383. The first kappa shape index (κ1) is 9.24. The van der Waals surface area contributed by atoms with Crippen LogP contribution < -0.4 is 0 Å². The van der Waals surface area contributed by atoms with E-state index >= 15 is 0 Å². The molecule has 1 aliphatic rings. The van der Waals surface area contributed by atoms with Crippen LogP contribution in [-0.2, 0) is 17.8 Å². The predicted octanol–water partition coefficient (Wildman–Crippen LogP) is 1.41. The van der Waals surface area contributed by atoms with E-state index in [1.807, 2.05) is 17.8 Å². The second-order valence-electron chi connectivity index (χ2n) is 3.68. The van der Waals surface area contributed by atoms with Crippen molar-refractivity contribution in [3.63, 3.8) is 0 Å². The number of carboxylic acids is 1. The molecule has 1 N–H and O–H groups in total. The summed E-state index contributed by atoms with van der Waals surface area (Å²) in [5.41, 5.74) is 1.90. The largest absolute Gasteiger partial charge is 0.481 e. The number of rotatable bonds is 2. The molecule has 0 aliphatic heterocycles. The van der Waals surface area contributed by atoms with Crippen LogP contribution in [0.25, 0.3) is 0 Å². The Hall–Kier alpha value is -1.32. The molecular formula is C10H14N2O2. The lowest BCUT2D eigenvalue weighted by atomic mass is 9.88. The Labute approximate surface area is 82.5 Å². The number of hydrogen-bond donors (Lipinski definition) is 1. The molecule has 0 saturated carbocycles. The average molecular weight is 194 g/mol. The highest BCUT2D eigenvalue weighted by Crippen LogP contribution is 2.30. The summed E-state index contributed by atoms with van der Waals surface area (Å²) in [6, 6.07) is 0. The number of hydrogen-bond acceptors (Lipinski definition) is 2. The van der Waals surface area contributed by atoms with Crippen molar-refractivity contribution in [2.75, 3.05) is 0 Å². The fourth-order valence-corrected chi connectivity index (χ4v) is 2.00. The molecule has 4 heteroatoms. The van der Waals surface area contributed by atoms with E-state index in [1.165, 1.54) is 0 Å². The van der Waals surface area contributed by atoms with Crippen molar-refractivity contribution >= 4 is 5.97 Å². The molecule has 1 aromatic rings. The van der Waals surface area contributed by atoms with Gasteiger partial charge in [0.25, 0.3) is 0 Å². The van der Waals surface area contributed by atoms with Gasteiger partial charge in [-0.2, -0.15) is 5.10 Å². The van der Waals surface area contributed by atoms with E-state index in [2.05, 4.69) is 5.10 Å². The Bertz CT molecular complexity index is 357. The summed E-state index contributed by atoms with van der Waals surface area (Å²) >= 11 is 0. The molecule has 1 heterocycles. The molecule has 76 valence electrons. The quantitative estimate of drug-likeness (QED) is 0.774. The van der Waals surface area contributed by atoms with Crippen LogP contribution in [0.15, 0.2) is 6.20 Å². The number of nitrogens with zero attached hydrogens (tertiary/aromatic N) is 2. The first-order valence-corrected chi connectivity index (χ1v) is 5.01. The maximum atomic E-state index is 11.0. The summed E-state index contributed by atoms with van der Waals surface area (Å²) in [6.07, 6.45) is 4.63. The van der Waals surface area contributed by atoms with Crippen molar-refractivity contribution < 1.29 is 9.90 Å². The summed E-state index contributed by atoms with van der Waals surface area (Å²) in [6.45, 7) is 2.81. The molecule has 0 saturated heterocycles. The fraction of sp³-hybridized carbons (Fsp3) is 0.600. The summed E-state index contributed by atoms with van der Waals surface area (Å²) in [7, 11) is 0. The first-order valence-electron chi connectivity index (χ1n) is 5.01. The van der Waals surface area contributed by atoms with Gasteiger partial charge in [0.05, 0.1) is 5.69 Å². The van der Waals surface area contributed by atoms with Gasteiger partial charge in [0.2, 0.25) is 0 Å². The number of carboxylic acid groups (broad SMARTS) is 1. The molecule has 0 aromatic carbocycles. The summed E-state index contributed by atoms with van der Waals surface area (Å²) < 4.78 is 1.83. The van der Waals surface area contributed by atoms with Gasteiger partial charge < -0.3 is 5.11 Å². The Balaban J connectivity index is 2.38. The molecule has 0 bridgehead atoms. The molecular weight excluding hydrogens is 180 g/mol. The van der Waals surface area contributed by atoms with Crippen LogP contribution in [-0.4, -0.2) is 20.9 Å². The normalized spacial score (nSPS) is 20.5. The molecule has 1 atom stereocenters. The molecule has 0 radical (unpaired) electrons. The Kier molecular flexibility index (Phi) is 2.27. The third-order valence-electron chi connectivity index (χ3n) is 2.76. The monoisotopic (exact) mass is 194 g/mol. The highest BCUT2D eigenvalue weighted by molar-refractivity contribution is 5.76. The molecule has 1 unspecified atom stereocenters. The van der Waals surface area contributed by atoms with Gasteiger partial charge in [0.15, 0.2) is 0 Å². The maximum Gasteiger partial charge on any atom is 0.312 e. The molecule has 0 amide bonds. The van der Waals surface area contributed by atoms with E-state index in [9.17, 15) is 4.79 Å². The van der Waals surface area contributed by atoms with Gasteiger partial charge in [-0.3, -0.25) is 9.48 Å². The van der Waals surface area contributed by atoms with Crippen molar-refractivity contribution in [1.29, 1.82) is 0 Å². The third-order valence-corrected chi connectivity index (χ3v) is 2.76. The van der Waals surface area contributed by atoms with Crippen LogP contribution in [0, 0.1) is 0 Å². The van der Waals surface area contributed by atoms with Gasteiger partial charge in [0, 0.05) is 12.7 Å². The van der Waals surface area contributed by atoms with Gasteiger partial charge in [-0.05, 0) is 31.7 Å². The lowest BCUT2D eigenvalue weighted by Crippen LogP contribution is -2.17. The van der Waals surface area contributed by atoms with Crippen molar-refractivity contribution in [3.05, 3.63) is 17.5 Å². The number of aryl methyl sites for hydroxylation is 2. The molecule has 1 aromatic heterocycles. The Morgan fingerprint density at radius 3 is 3.21 bits per heavy atom. The van der Waals surface area contributed by atoms with Crippen molar-refractivity contribution in [2.24, 2.45) is 0 Å². The highest BCUT2D eigenvalue weighted by Gasteiger charge is 2.28. The minimum Gasteiger partial charge on any atom is -0.481 e. The van der Waals surface area contributed by atoms with E-state index in [4.69, 9.17) is 5.11 Å². The van der Waals surface area contributed by atoms with Gasteiger partial charge in [-0.15, -0.1) is 0 Å². The number of carbonyl (C=O) groups is 1. The zero-order valence-corrected chi connectivity index (χ0v) is 8.23. The van der Waals surface area contributed by atoms with Gasteiger partial charge in [-0.25, -0.2) is 0 Å². The van der Waals surface area contributed by atoms with Crippen LogP contribution in [0.3, 0.4) is 0 Å². The van der Waals surface area contributed by atoms with Crippen LogP contribution in [0.4, 0.5) is 0 Å². The van der Waals surface area contributed by atoms with Crippen molar-refractivity contribution in [2.45, 2.75) is 38.6 Å². The minimum atomic E-state index is -0.743. The Morgan fingerprint density at radius 2 is 2.57 bits per heavy atom. The summed E-state index contributed by atoms with van der Waals surface area (Å²) in [4.78, 5) is 11.0. The molecule has 0 spiro atoms. The van der Waals surface area contributed by atoms with E-state index in [-0.39, 0.29) is 5.92 Å². The second-order valence-corrected chi connectivity index (χ2v) is 3.68. The Morgan fingerprint density at radius 1 is 1.79 bits per heavy atom. The number of aromatic nitrogens is 2. The lowest BCUT2D eigenvalue weighted by Gasteiger charge is -2.16. The highest BCUT2D eigenvalue weighted by atomic mass is 16.4. The molecule has 1 aliphatic carbocycles. The van der Waals surface area contributed by atoms with Gasteiger partial charge in [0.1, 0.15) is 5.92 Å². The van der Waals surface area contributed by atoms with Crippen LogP contribution in [0.1, 0.15) is 36.9 Å². The van der Waals surface area contributed by atoms with Crippen LogP contribution >= 0.6 is 0 Å². The van der Waals surface area contributed by atoms with E-state index in [0.717, 1.165) is 37.1 Å². The number of fused-ring (bicyclic) bond motifs is 1. The predicted molar refractivity (Wildman–Crippen MR) is 51.2 cm³/mol. The van der Waals surface area contributed by atoms with E-state index < -0.39 is 5.97 Å². The van der Waals surface area contributed by atoms with Crippen LogP contribution in [0.5, 0.6) is 0 Å². The SMILES string of the molecule is CCn1cc2c(n1)C(C(=O)O)CCC2. The molecule has 0 fully saturated rings. The van der Waals surface area contributed by atoms with Crippen molar-refractivity contribution in [1.82, 2.24) is 9.78 Å². The van der Waals surface area contributed by atoms with Gasteiger partial charge in [-0.1, -0.05) is 0 Å². The van der Waals surface area contributed by atoms with E-state index in [1.54, 1.807) is 0 Å². The fourth-order valence-electron chi connectivity index (χ4n) is 2.00. The zero-order valence-electron chi connectivity index (χ0n) is 8.23. The third kappa shape index (κ3) is 1.41. The standard InChI is InChI=1S/C10H14N2O2/c1-2-12-6-7-4-3-5-8(10(13)14)9(7)11-12/h6,8H,2-5H2,1H3,(H,13,14). The van der Waals surface area contributed by atoms with Gasteiger partial charge >= 0.3 is 5.97 Å². The first-order chi connectivity index (χ1) is 6.72. The van der Waals surface area contributed by atoms with Crippen LogP contribution in [0.2, 0.25) is 0 Å². The zero-order chi connectivity index (χ0) is 10.1. The number of aliphatic carboxylic acids is 1. The molecule has 4 nitrogen and oxygen atoms in total. The second kappa shape index (κ2) is 3.44. The lowest BCUT2D eigenvalue weighted by molar-refractivity contribution is -0.139. The maximum absolute atomic E-state index is 11.0. The average Bonchev–Trinajstić information content (AvgIpc) is 2.59. The molecule has 14 heavy (non-hydrogen) atoms. The summed E-state index contributed by atoms with van der Waals surface area (Å²) in [5, 5.41) is 13.3. The smallest absolute Gasteiger partial charge is 0.312 e. The topological polar surface area (TPSA) is 55.1 Å². The van der Waals surface area contributed by atoms with E-state index in [0.29, 0.717) is 0 Å². The summed E-state index contributed by atoms with van der Waals surface area (Å²) in [5.74, 6) is -1.13.